The van der Waals surface area contributed by atoms with Crippen LogP contribution in [0.25, 0.3) is 0 Å². The summed E-state index contributed by atoms with van der Waals surface area (Å²) < 4.78 is 0. The van der Waals surface area contributed by atoms with Crippen LogP contribution in [-0.4, -0.2) is 16.3 Å². The van der Waals surface area contributed by atoms with Crippen LogP contribution in [0.4, 0.5) is 5.69 Å². The molecule has 2 atom stereocenters. The van der Waals surface area contributed by atoms with Crippen LogP contribution < -0.4 is 5.73 Å². The molecule has 0 aliphatic carbocycles. The molecule has 0 bridgehead atoms. The van der Waals surface area contributed by atoms with Gasteiger partial charge in [-0.2, -0.15) is 5.26 Å². The fourth-order valence-electron chi connectivity index (χ4n) is 1.20. The van der Waals surface area contributed by atoms with Gasteiger partial charge >= 0.3 is 0 Å². The molecular formula is C10H10Cl2N2O2. The molecule has 1 aromatic carbocycles. The molecule has 4 nitrogen and oxygen atoms in total. The van der Waals surface area contributed by atoms with E-state index in [1.807, 2.05) is 0 Å². The van der Waals surface area contributed by atoms with Crippen LogP contribution in [0.2, 0.25) is 10.0 Å². The number of hydrogen-bond donors (Lipinski definition) is 3. The van der Waals surface area contributed by atoms with Gasteiger partial charge < -0.3 is 15.9 Å². The second kappa shape index (κ2) is 5.37. The molecule has 86 valence electrons. The Morgan fingerprint density at radius 1 is 1.31 bits per heavy atom. The summed E-state index contributed by atoms with van der Waals surface area (Å²) in [6.07, 6.45) is -2.57. The van der Waals surface area contributed by atoms with Gasteiger partial charge in [0.25, 0.3) is 0 Å². The van der Waals surface area contributed by atoms with Crippen LogP contribution in [-0.2, 0) is 0 Å². The average Bonchev–Trinajstić information content (AvgIpc) is 2.24. The van der Waals surface area contributed by atoms with Crippen LogP contribution >= 0.6 is 23.2 Å². The molecule has 4 N–H and O–H groups in total. The standard InChI is InChI=1S/C10H10Cl2N2O2/c11-6-3-5(4-7(12)9(6)14)10(16)8(15)1-2-13/h3-4,8,10,15-16H,1,14H2. The van der Waals surface area contributed by atoms with Crippen molar-refractivity contribution in [1.82, 2.24) is 0 Å². The number of anilines is 1. The Kier molecular flexibility index (Phi) is 4.39. The Bertz CT molecular complexity index is 408. The molecule has 0 aliphatic rings. The first kappa shape index (κ1) is 13.1. The van der Waals surface area contributed by atoms with E-state index in [0.29, 0.717) is 5.56 Å². The molecule has 0 spiro atoms. The lowest BCUT2D eigenvalue weighted by atomic mass is 10.0. The van der Waals surface area contributed by atoms with E-state index in [2.05, 4.69) is 0 Å². The fourth-order valence-corrected chi connectivity index (χ4v) is 1.71. The van der Waals surface area contributed by atoms with Crippen molar-refractivity contribution in [3.63, 3.8) is 0 Å². The van der Waals surface area contributed by atoms with Crippen LogP contribution in [0.5, 0.6) is 0 Å². The van der Waals surface area contributed by atoms with Gasteiger partial charge in [-0.05, 0) is 17.7 Å². The number of nitriles is 1. The Balaban J connectivity index is 3.01. The number of aliphatic hydroxyl groups excluding tert-OH is 2. The minimum Gasteiger partial charge on any atom is -0.396 e. The van der Waals surface area contributed by atoms with Gasteiger partial charge in [0.15, 0.2) is 0 Å². The van der Waals surface area contributed by atoms with Crippen molar-refractivity contribution in [2.45, 2.75) is 18.6 Å². The summed E-state index contributed by atoms with van der Waals surface area (Å²) in [6, 6.07) is 4.58. The zero-order valence-electron chi connectivity index (χ0n) is 8.19. The molecule has 16 heavy (non-hydrogen) atoms. The summed E-state index contributed by atoms with van der Waals surface area (Å²) in [5.74, 6) is 0. The largest absolute Gasteiger partial charge is 0.396 e. The molecule has 0 saturated heterocycles. The minimum atomic E-state index is -1.21. The first-order chi connectivity index (χ1) is 7.47. The number of nitrogens with two attached hydrogens (primary N) is 1. The fraction of sp³-hybridized carbons (Fsp3) is 0.300. The maximum Gasteiger partial charge on any atom is 0.106 e. The SMILES string of the molecule is N#CCC(O)C(O)c1cc(Cl)c(N)c(Cl)c1. The van der Waals surface area contributed by atoms with Gasteiger partial charge in [0, 0.05) is 0 Å². The zero-order chi connectivity index (χ0) is 12.3. The van der Waals surface area contributed by atoms with Gasteiger partial charge in [0.1, 0.15) is 6.10 Å². The van der Waals surface area contributed by atoms with Crippen molar-refractivity contribution in [3.8, 4) is 6.07 Å². The van der Waals surface area contributed by atoms with E-state index in [1.165, 1.54) is 12.1 Å². The highest BCUT2D eigenvalue weighted by Gasteiger charge is 2.19. The van der Waals surface area contributed by atoms with Gasteiger partial charge in [-0.15, -0.1) is 0 Å². The molecule has 0 saturated carbocycles. The van der Waals surface area contributed by atoms with Crippen molar-refractivity contribution in [2.75, 3.05) is 5.73 Å². The van der Waals surface area contributed by atoms with E-state index in [4.69, 9.17) is 34.2 Å². The maximum atomic E-state index is 9.70. The number of benzene rings is 1. The third-order valence-electron chi connectivity index (χ3n) is 2.11. The molecule has 2 unspecified atom stereocenters. The minimum absolute atomic E-state index is 0.180. The highest BCUT2D eigenvalue weighted by molar-refractivity contribution is 6.38. The predicted molar refractivity (Wildman–Crippen MR) is 62.1 cm³/mol. The van der Waals surface area contributed by atoms with Gasteiger partial charge in [0.2, 0.25) is 0 Å². The Morgan fingerprint density at radius 2 is 1.81 bits per heavy atom. The molecule has 0 aliphatic heterocycles. The lowest BCUT2D eigenvalue weighted by Gasteiger charge is -2.16. The van der Waals surface area contributed by atoms with E-state index in [0.717, 1.165) is 0 Å². The molecular weight excluding hydrogens is 251 g/mol. The number of aliphatic hydroxyl groups is 2. The van der Waals surface area contributed by atoms with E-state index in [1.54, 1.807) is 6.07 Å². The highest BCUT2D eigenvalue weighted by Crippen LogP contribution is 2.32. The van der Waals surface area contributed by atoms with E-state index in [9.17, 15) is 10.2 Å². The summed E-state index contributed by atoms with van der Waals surface area (Å²) in [5.41, 5.74) is 6.07. The van der Waals surface area contributed by atoms with Crippen molar-refractivity contribution in [2.24, 2.45) is 0 Å². The molecule has 1 aromatic rings. The van der Waals surface area contributed by atoms with Crippen molar-refractivity contribution in [1.29, 1.82) is 5.26 Å². The summed E-state index contributed by atoms with van der Waals surface area (Å²) in [6.45, 7) is 0. The average molecular weight is 261 g/mol. The normalized spacial score (nSPS) is 14.2. The van der Waals surface area contributed by atoms with Crippen LogP contribution in [0.3, 0.4) is 0 Å². The third-order valence-corrected chi connectivity index (χ3v) is 2.73. The monoisotopic (exact) mass is 260 g/mol. The summed E-state index contributed by atoms with van der Waals surface area (Å²) in [4.78, 5) is 0. The molecule has 0 heterocycles. The number of hydrogen-bond acceptors (Lipinski definition) is 4. The molecule has 0 fully saturated rings. The first-order valence-corrected chi connectivity index (χ1v) is 5.20. The lowest BCUT2D eigenvalue weighted by molar-refractivity contribution is 0.0216. The predicted octanol–water partition coefficient (Wildman–Crippen LogP) is 1.88. The molecule has 0 amide bonds. The van der Waals surface area contributed by atoms with Crippen molar-refractivity contribution >= 4 is 28.9 Å². The molecule has 0 aromatic heterocycles. The van der Waals surface area contributed by atoms with Gasteiger partial charge in [-0.25, -0.2) is 0 Å². The first-order valence-electron chi connectivity index (χ1n) is 4.45. The maximum absolute atomic E-state index is 9.70. The summed E-state index contributed by atoms with van der Waals surface area (Å²) in [7, 11) is 0. The Morgan fingerprint density at radius 3 is 2.25 bits per heavy atom. The Labute approximate surface area is 103 Å². The lowest BCUT2D eigenvalue weighted by Crippen LogP contribution is -2.17. The zero-order valence-corrected chi connectivity index (χ0v) is 9.70. The van der Waals surface area contributed by atoms with Crippen molar-refractivity contribution < 1.29 is 10.2 Å². The van der Waals surface area contributed by atoms with Crippen LogP contribution in [0, 0.1) is 11.3 Å². The quantitative estimate of drug-likeness (QED) is 0.724. The second-order valence-corrected chi connectivity index (χ2v) is 4.09. The van der Waals surface area contributed by atoms with E-state index >= 15 is 0 Å². The number of nitrogens with zero attached hydrogens (tertiary/aromatic N) is 1. The van der Waals surface area contributed by atoms with Crippen molar-refractivity contribution in [3.05, 3.63) is 27.7 Å². The van der Waals surface area contributed by atoms with Gasteiger partial charge in [0.05, 0.1) is 34.3 Å². The highest BCUT2D eigenvalue weighted by atomic mass is 35.5. The summed E-state index contributed by atoms with van der Waals surface area (Å²) in [5, 5.41) is 27.9. The van der Waals surface area contributed by atoms with E-state index in [-0.39, 0.29) is 22.2 Å². The molecule has 1 rings (SSSR count). The second-order valence-electron chi connectivity index (χ2n) is 3.27. The van der Waals surface area contributed by atoms with Gasteiger partial charge in [-0.1, -0.05) is 23.2 Å². The molecule has 6 heteroatoms. The number of rotatable bonds is 3. The number of nitrogen functional groups attached to an aromatic ring is 1. The van der Waals surface area contributed by atoms with Crippen LogP contribution in [0.1, 0.15) is 18.1 Å². The topological polar surface area (TPSA) is 90.3 Å². The number of halogens is 2. The third kappa shape index (κ3) is 2.77. The Hall–Kier alpha value is -0.990. The van der Waals surface area contributed by atoms with Crippen LogP contribution in [0.15, 0.2) is 12.1 Å². The summed E-state index contributed by atoms with van der Waals surface area (Å²) >= 11 is 11.6. The van der Waals surface area contributed by atoms with E-state index < -0.39 is 12.2 Å². The smallest absolute Gasteiger partial charge is 0.106 e. The molecule has 0 radical (unpaired) electrons. The van der Waals surface area contributed by atoms with Gasteiger partial charge in [-0.3, -0.25) is 0 Å².